The van der Waals surface area contributed by atoms with Crippen LogP contribution >= 0.6 is 12.2 Å². The Morgan fingerprint density at radius 3 is 2.43 bits per heavy atom. The lowest BCUT2D eigenvalue weighted by Crippen LogP contribution is -2.51. The van der Waals surface area contributed by atoms with E-state index in [1.807, 2.05) is 18.2 Å². The second-order valence-corrected chi connectivity index (χ2v) is 7.32. The molecule has 0 amide bonds. The van der Waals surface area contributed by atoms with E-state index in [0.29, 0.717) is 0 Å². The molecule has 1 aliphatic rings. The van der Waals surface area contributed by atoms with Crippen LogP contribution in [-0.2, 0) is 6.42 Å². The first-order valence-electron chi connectivity index (χ1n) is 9.84. The zero-order valence-electron chi connectivity index (χ0n) is 16.5. The number of nitrogens with zero attached hydrogens (tertiary/aromatic N) is 2. The fourth-order valence-electron chi connectivity index (χ4n) is 3.25. The largest absolute Gasteiger partial charge is 0.497 e. The summed E-state index contributed by atoms with van der Waals surface area (Å²) >= 11 is 5.58. The van der Waals surface area contributed by atoms with Gasteiger partial charge < -0.3 is 15.0 Å². The lowest BCUT2D eigenvalue weighted by molar-refractivity contribution is 0.197. The van der Waals surface area contributed by atoms with Crippen LogP contribution in [0.25, 0.3) is 6.08 Å². The molecule has 1 N–H and O–H groups in total. The van der Waals surface area contributed by atoms with Crippen LogP contribution in [0.1, 0.15) is 11.1 Å². The standard InChI is InChI=1S/C23H29N3OS/c1-27-22-11-9-21(10-12-22)13-14-24-23(28)26-18-16-25(17-19-26)15-5-8-20-6-3-2-4-7-20/h2-12H,13-19H2,1H3,(H,24,28). The van der Waals surface area contributed by atoms with E-state index < -0.39 is 0 Å². The molecule has 4 nitrogen and oxygen atoms in total. The van der Waals surface area contributed by atoms with Crippen molar-refractivity contribution in [2.24, 2.45) is 0 Å². The van der Waals surface area contributed by atoms with Gasteiger partial charge in [0, 0.05) is 39.3 Å². The molecule has 2 aromatic carbocycles. The van der Waals surface area contributed by atoms with Gasteiger partial charge in [-0.1, -0.05) is 54.6 Å². The van der Waals surface area contributed by atoms with Crippen molar-refractivity contribution in [2.45, 2.75) is 6.42 Å². The van der Waals surface area contributed by atoms with Gasteiger partial charge in [-0.05, 0) is 41.9 Å². The summed E-state index contributed by atoms with van der Waals surface area (Å²) in [6.45, 7) is 5.88. The average molecular weight is 396 g/mol. The van der Waals surface area contributed by atoms with Crippen LogP contribution in [0.3, 0.4) is 0 Å². The molecule has 3 rings (SSSR count). The monoisotopic (exact) mass is 395 g/mol. The van der Waals surface area contributed by atoms with Crippen LogP contribution in [0.4, 0.5) is 0 Å². The quantitative estimate of drug-likeness (QED) is 0.725. The van der Waals surface area contributed by atoms with E-state index in [1.54, 1.807) is 7.11 Å². The molecule has 0 saturated carbocycles. The van der Waals surface area contributed by atoms with Gasteiger partial charge >= 0.3 is 0 Å². The van der Waals surface area contributed by atoms with Gasteiger partial charge in [-0.25, -0.2) is 0 Å². The van der Waals surface area contributed by atoms with E-state index in [9.17, 15) is 0 Å². The van der Waals surface area contributed by atoms with Crippen molar-refractivity contribution in [3.63, 3.8) is 0 Å². The third-order valence-electron chi connectivity index (χ3n) is 4.98. The minimum absolute atomic E-state index is 0.852. The summed E-state index contributed by atoms with van der Waals surface area (Å²) in [5, 5.41) is 4.27. The molecule has 0 spiro atoms. The normalized spacial score (nSPS) is 15.0. The van der Waals surface area contributed by atoms with E-state index in [0.717, 1.165) is 56.6 Å². The molecule has 0 bridgehead atoms. The Hall–Kier alpha value is -2.37. The highest BCUT2D eigenvalue weighted by Crippen LogP contribution is 2.11. The zero-order chi connectivity index (χ0) is 19.6. The van der Waals surface area contributed by atoms with E-state index in [1.165, 1.54) is 11.1 Å². The van der Waals surface area contributed by atoms with Crippen molar-refractivity contribution in [1.29, 1.82) is 0 Å². The molecule has 2 aromatic rings. The topological polar surface area (TPSA) is 27.7 Å². The van der Waals surface area contributed by atoms with Crippen molar-refractivity contribution < 1.29 is 4.74 Å². The Balaban J connectivity index is 1.33. The molecule has 148 valence electrons. The first-order chi connectivity index (χ1) is 13.7. The second-order valence-electron chi connectivity index (χ2n) is 6.93. The zero-order valence-corrected chi connectivity index (χ0v) is 17.3. The van der Waals surface area contributed by atoms with Crippen LogP contribution in [0, 0.1) is 0 Å². The summed E-state index contributed by atoms with van der Waals surface area (Å²) in [6.07, 6.45) is 5.39. The van der Waals surface area contributed by atoms with E-state index in [4.69, 9.17) is 17.0 Å². The first kappa shape index (κ1) is 20.4. The summed E-state index contributed by atoms with van der Waals surface area (Å²) in [5.41, 5.74) is 2.54. The Bertz CT molecular complexity index is 753. The molecule has 1 heterocycles. The fourth-order valence-corrected chi connectivity index (χ4v) is 3.54. The first-order valence-corrected chi connectivity index (χ1v) is 10.2. The van der Waals surface area contributed by atoms with Gasteiger partial charge in [0.2, 0.25) is 0 Å². The van der Waals surface area contributed by atoms with Crippen molar-refractivity contribution in [2.75, 3.05) is 46.4 Å². The number of hydrogen-bond donors (Lipinski definition) is 1. The Morgan fingerprint density at radius 1 is 1.04 bits per heavy atom. The molecular formula is C23H29N3OS. The number of thiocarbonyl (C=S) groups is 1. The van der Waals surface area contributed by atoms with Crippen LogP contribution in [0.15, 0.2) is 60.7 Å². The molecule has 1 fully saturated rings. The van der Waals surface area contributed by atoms with Crippen LogP contribution in [0.5, 0.6) is 5.75 Å². The molecule has 0 unspecified atom stereocenters. The van der Waals surface area contributed by atoms with Gasteiger partial charge in [-0.15, -0.1) is 0 Å². The van der Waals surface area contributed by atoms with Crippen LogP contribution in [0.2, 0.25) is 0 Å². The van der Waals surface area contributed by atoms with Crippen LogP contribution in [-0.4, -0.2) is 61.3 Å². The summed E-state index contributed by atoms with van der Waals surface area (Å²) in [5.74, 6) is 0.892. The number of methoxy groups -OCH3 is 1. The molecule has 1 aliphatic heterocycles. The molecular weight excluding hydrogens is 366 g/mol. The lowest BCUT2D eigenvalue weighted by atomic mass is 10.1. The highest BCUT2D eigenvalue weighted by Gasteiger charge is 2.17. The number of benzene rings is 2. The van der Waals surface area contributed by atoms with Gasteiger partial charge in [-0.2, -0.15) is 0 Å². The highest BCUT2D eigenvalue weighted by molar-refractivity contribution is 7.80. The number of piperazine rings is 1. The molecule has 0 aliphatic carbocycles. The average Bonchev–Trinajstić information content (AvgIpc) is 2.75. The van der Waals surface area contributed by atoms with E-state index >= 15 is 0 Å². The predicted molar refractivity (Wildman–Crippen MR) is 121 cm³/mol. The fraction of sp³-hybridized carbons (Fsp3) is 0.348. The Kier molecular flexibility index (Phi) is 7.88. The maximum absolute atomic E-state index is 5.58. The number of ether oxygens (including phenoxy) is 1. The van der Waals surface area contributed by atoms with E-state index in [2.05, 4.69) is 63.7 Å². The third-order valence-corrected chi connectivity index (χ3v) is 5.38. The maximum atomic E-state index is 5.58. The number of rotatable bonds is 7. The van der Waals surface area contributed by atoms with Crippen molar-refractivity contribution >= 4 is 23.4 Å². The molecule has 5 heteroatoms. The molecule has 1 saturated heterocycles. The van der Waals surface area contributed by atoms with Gasteiger partial charge in [0.05, 0.1) is 7.11 Å². The number of hydrogen-bond acceptors (Lipinski definition) is 3. The SMILES string of the molecule is COc1ccc(CCNC(=S)N2CCN(CC=Cc3ccccc3)CC2)cc1. The minimum atomic E-state index is 0.852. The van der Waals surface area contributed by atoms with Crippen LogP contribution < -0.4 is 10.1 Å². The Labute approximate surface area is 173 Å². The summed E-state index contributed by atoms with van der Waals surface area (Å²) in [6, 6.07) is 18.6. The predicted octanol–water partition coefficient (Wildman–Crippen LogP) is 3.44. The third kappa shape index (κ3) is 6.36. The van der Waals surface area contributed by atoms with Crippen molar-refractivity contribution in [3.05, 3.63) is 71.8 Å². The van der Waals surface area contributed by atoms with Crippen molar-refractivity contribution in [1.82, 2.24) is 15.1 Å². The number of nitrogens with one attached hydrogen (secondary N) is 1. The maximum Gasteiger partial charge on any atom is 0.169 e. The summed E-state index contributed by atoms with van der Waals surface area (Å²) < 4.78 is 5.20. The molecule has 28 heavy (non-hydrogen) atoms. The smallest absolute Gasteiger partial charge is 0.169 e. The van der Waals surface area contributed by atoms with Gasteiger partial charge in [-0.3, -0.25) is 4.90 Å². The lowest BCUT2D eigenvalue weighted by Gasteiger charge is -2.35. The van der Waals surface area contributed by atoms with E-state index in [-0.39, 0.29) is 0 Å². The van der Waals surface area contributed by atoms with Crippen molar-refractivity contribution in [3.8, 4) is 5.75 Å². The van der Waals surface area contributed by atoms with Gasteiger partial charge in [0.1, 0.15) is 5.75 Å². The minimum Gasteiger partial charge on any atom is -0.497 e. The summed E-state index contributed by atoms with van der Waals surface area (Å²) in [4.78, 5) is 4.75. The molecule has 0 atom stereocenters. The second kappa shape index (κ2) is 10.8. The Morgan fingerprint density at radius 2 is 1.75 bits per heavy atom. The summed E-state index contributed by atoms with van der Waals surface area (Å²) in [7, 11) is 1.69. The molecule has 0 radical (unpaired) electrons. The highest BCUT2D eigenvalue weighted by atomic mass is 32.1. The molecule has 0 aromatic heterocycles. The van der Waals surface area contributed by atoms with Gasteiger partial charge in [0.25, 0.3) is 0 Å². The van der Waals surface area contributed by atoms with Gasteiger partial charge in [0.15, 0.2) is 5.11 Å².